The molecule has 0 fully saturated rings. The molecule has 0 bridgehead atoms. The summed E-state index contributed by atoms with van der Waals surface area (Å²) in [6.45, 7) is 0. The van der Waals surface area contributed by atoms with E-state index in [1.165, 1.54) is 0 Å². The third-order valence-electron chi connectivity index (χ3n) is 0. The summed E-state index contributed by atoms with van der Waals surface area (Å²) in [5.41, 5.74) is 0. The second-order valence-corrected chi connectivity index (χ2v) is 1.76. The van der Waals surface area contributed by atoms with E-state index < -0.39 is 13.6 Å². The molecule has 0 aliphatic carbocycles. The summed E-state index contributed by atoms with van der Waals surface area (Å²) in [5, 5.41) is 0. The molecule has 0 heterocycles. The van der Waals surface area contributed by atoms with Crippen molar-refractivity contribution in [2.24, 2.45) is 0 Å². The summed E-state index contributed by atoms with van der Waals surface area (Å²) in [7, 11) is 0. The van der Waals surface area contributed by atoms with Crippen molar-refractivity contribution in [2.75, 3.05) is 0 Å². The molecule has 0 aromatic rings. The van der Waals surface area contributed by atoms with Gasteiger partial charge in [0, 0.05) is 19.5 Å². The number of rotatable bonds is 0. The maximum atomic E-state index is 8.70. The quantitative estimate of drug-likeness (QED) is 0.446. The fourth-order valence-corrected chi connectivity index (χ4v) is 0. The molecule has 42 valence electrons. The Kier molecular flexibility index (Phi) is 10.7. The minimum absolute atomic E-state index is 0. The molecule has 0 saturated carbocycles. The summed E-state index contributed by atoms with van der Waals surface area (Å²) in [6, 6.07) is 0. The van der Waals surface area contributed by atoms with Gasteiger partial charge in [0.1, 0.15) is 0 Å². The molecule has 4 N–H and O–H groups in total. The van der Waals surface area contributed by atoms with Gasteiger partial charge in [-0.3, -0.25) is 0 Å². The average molecular weight is 199 g/mol. The molecule has 0 atom stereocenters. The maximum absolute atomic E-state index is 8.70. The zero-order valence-corrected chi connectivity index (χ0v) is 7.74. The van der Waals surface area contributed by atoms with Crippen LogP contribution in [0.1, 0.15) is 0 Å². The van der Waals surface area contributed by atoms with Gasteiger partial charge in [0.2, 0.25) is 0 Å². The Morgan fingerprint density at radius 2 is 1.43 bits per heavy atom. The Bertz CT molecular complexity index is 94.9. The van der Waals surface area contributed by atoms with Gasteiger partial charge in [-0.25, -0.2) is 0 Å². The van der Waals surface area contributed by atoms with E-state index in [-0.39, 0.29) is 25.6 Å². The molecule has 0 unspecified atom stereocenters. The van der Waals surface area contributed by atoms with Crippen LogP contribution in [-0.2, 0) is 40.7 Å². The van der Waals surface area contributed by atoms with E-state index in [1.807, 2.05) is 0 Å². The van der Waals surface area contributed by atoms with Gasteiger partial charge in [-0.2, -0.15) is 0 Å². The standard InChI is InChI=1S/Cr.H3N.H2O.3O.Zn/h;1H3;1H2;;;;/q+1;;;;;-1;/p-1. The Labute approximate surface area is 55.5 Å². The van der Waals surface area contributed by atoms with Gasteiger partial charge in [0.05, 0.1) is 0 Å². The van der Waals surface area contributed by atoms with Crippen LogP contribution in [0.25, 0.3) is 0 Å². The Balaban J connectivity index is -0.0000000800. The van der Waals surface area contributed by atoms with E-state index >= 15 is 0 Å². The number of hydrogen-bond acceptors (Lipinski definition) is 4. The van der Waals surface area contributed by atoms with Gasteiger partial charge >= 0.3 is 29.5 Å². The minimum atomic E-state index is -5.50. The van der Waals surface area contributed by atoms with Crippen LogP contribution in [0, 0.1) is 0 Å². The first-order valence-electron chi connectivity index (χ1n) is 0.683. The van der Waals surface area contributed by atoms with Crippen LogP contribution in [0.5, 0.6) is 0 Å². The molecule has 0 saturated heterocycles. The monoisotopic (exact) mass is 198 g/mol. The molecule has 0 radical (unpaired) electrons. The molecule has 0 spiro atoms. The first-order chi connectivity index (χ1) is 2.00. The molecular weight excluding hydrogens is 195 g/mol. The van der Waals surface area contributed by atoms with Crippen molar-refractivity contribution in [3.05, 3.63) is 0 Å². The van der Waals surface area contributed by atoms with Crippen molar-refractivity contribution >= 4 is 0 Å². The molecule has 0 rings (SSSR count). The predicted octanol–water partition coefficient (Wildman–Crippen LogP) is -1.83. The summed E-state index contributed by atoms with van der Waals surface area (Å²) < 4.78 is 33.1. The van der Waals surface area contributed by atoms with Crippen molar-refractivity contribution in [1.29, 1.82) is 0 Å². The second kappa shape index (κ2) is 4.79. The maximum Gasteiger partial charge on any atom is 0 e. The first-order valence-corrected chi connectivity index (χ1v) is 2.81. The fraction of sp³-hybridized carbons (Fsp3) is 0. The number of hydrogen-bond donors (Lipinski definition) is 2. The normalized spacial score (nSPS) is 8.29. The van der Waals surface area contributed by atoms with Crippen LogP contribution in [0.4, 0.5) is 0 Å². The average Bonchev–Trinajstić information content (AvgIpc) is 0.722. The zero-order valence-electron chi connectivity index (χ0n) is 3.49. The molecule has 5 nitrogen and oxygen atoms in total. The predicted molar refractivity (Wildman–Crippen MR) is 8.61 cm³/mol. The van der Waals surface area contributed by atoms with Crippen molar-refractivity contribution in [3.8, 4) is 0 Å². The zero-order chi connectivity index (χ0) is 4.50. The van der Waals surface area contributed by atoms with Gasteiger partial charge < -0.3 is 6.15 Å². The van der Waals surface area contributed by atoms with Gasteiger partial charge in [0.15, 0.2) is 0 Å². The van der Waals surface area contributed by atoms with Crippen molar-refractivity contribution in [1.82, 2.24) is 6.15 Å². The Morgan fingerprint density at radius 1 is 1.43 bits per heavy atom. The SMILES string of the molecule is N.[O]=[Cr](=[O])([O-])[OH].[Zn]. The van der Waals surface area contributed by atoms with E-state index in [9.17, 15) is 0 Å². The van der Waals surface area contributed by atoms with Crippen LogP contribution in [0.15, 0.2) is 0 Å². The molecule has 7 heavy (non-hydrogen) atoms. The second-order valence-electron chi connectivity index (χ2n) is 0.428. The summed E-state index contributed by atoms with van der Waals surface area (Å²) >= 11 is -5.50. The fourth-order valence-electron chi connectivity index (χ4n) is 0. The van der Waals surface area contributed by atoms with Crippen LogP contribution in [0.3, 0.4) is 0 Å². The van der Waals surface area contributed by atoms with E-state index in [0.29, 0.717) is 0 Å². The van der Waals surface area contributed by atoms with E-state index in [2.05, 4.69) is 0 Å². The van der Waals surface area contributed by atoms with Crippen molar-refractivity contribution < 1.29 is 49.0 Å². The molecule has 0 aliphatic rings. The van der Waals surface area contributed by atoms with Gasteiger partial charge in [-0.15, -0.1) is 0 Å². The van der Waals surface area contributed by atoms with Crippen LogP contribution in [-0.4, -0.2) is 4.16 Å². The van der Waals surface area contributed by atoms with Crippen molar-refractivity contribution in [2.45, 2.75) is 0 Å². The third kappa shape index (κ3) is 353. The topological polar surface area (TPSA) is 112 Å². The van der Waals surface area contributed by atoms with Crippen molar-refractivity contribution in [3.63, 3.8) is 0 Å². The summed E-state index contributed by atoms with van der Waals surface area (Å²) in [6.07, 6.45) is 0. The molecule has 0 aromatic carbocycles. The van der Waals surface area contributed by atoms with E-state index in [1.54, 1.807) is 0 Å². The molecule has 7 heteroatoms. The van der Waals surface area contributed by atoms with Crippen LogP contribution >= 0.6 is 0 Å². The largest absolute Gasteiger partial charge is 0 e. The Hall–Kier alpha value is 0.636. The molecule has 0 amide bonds. The van der Waals surface area contributed by atoms with E-state index in [4.69, 9.17) is 15.9 Å². The molecule has 0 aromatic heterocycles. The smallest absolute Gasteiger partial charge is 0 e. The molecular formula is H4CrNO4Zn-. The summed E-state index contributed by atoms with van der Waals surface area (Å²) in [5.74, 6) is 0. The van der Waals surface area contributed by atoms with Gasteiger partial charge in [-0.05, 0) is 0 Å². The van der Waals surface area contributed by atoms with Crippen LogP contribution in [0.2, 0.25) is 0 Å². The van der Waals surface area contributed by atoms with E-state index in [0.717, 1.165) is 0 Å². The minimum Gasteiger partial charge on any atom is 0 e. The Morgan fingerprint density at radius 3 is 1.43 bits per heavy atom. The summed E-state index contributed by atoms with van der Waals surface area (Å²) in [4.78, 5) is 0. The first kappa shape index (κ1) is 15.6. The van der Waals surface area contributed by atoms with Gasteiger partial charge in [0.25, 0.3) is 0 Å². The third-order valence-corrected chi connectivity index (χ3v) is 0. The molecule has 0 aliphatic heterocycles. The van der Waals surface area contributed by atoms with Gasteiger partial charge in [-0.1, -0.05) is 0 Å². The van der Waals surface area contributed by atoms with Crippen LogP contribution < -0.4 is 10.3 Å².